The van der Waals surface area contributed by atoms with E-state index in [-0.39, 0.29) is 21.9 Å². The van der Waals surface area contributed by atoms with E-state index >= 15 is 0 Å². The monoisotopic (exact) mass is 350 g/mol. The van der Waals surface area contributed by atoms with Crippen LogP contribution in [0.2, 0.25) is 5.02 Å². The van der Waals surface area contributed by atoms with Crippen molar-refractivity contribution in [3.8, 4) is 17.2 Å². The Labute approximate surface area is 143 Å². The average molecular weight is 351 g/mol. The van der Waals surface area contributed by atoms with E-state index in [0.717, 1.165) is 0 Å². The maximum absolute atomic E-state index is 12.3. The van der Waals surface area contributed by atoms with Gasteiger partial charge in [-0.25, -0.2) is 4.79 Å². The first-order valence-electron chi connectivity index (χ1n) is 6.87. The molecule has 0 aliphatic carbocycles. The van der Waals surface area contributed by atoms with Crippen LogP contribution in [0.3, 0.4) is 0 Å². The summed E-state index contributed by atoms with van der Waals surface area (Å²) in [6.07, 6.45) is 0. The number of aromatic hydroxyl groups is 1. The maximum atomic E-state index is 12.3. The molecule has 2 rings (SSSR count). The molecule has 0 aromatic heterocycles. The third-order valence-corrected chi connectivity index (χ3v) is 3.46. The molecule has 7 heteroatoms. The summed E-state index contributed by atoms with van der Waals surface area (Å²) in [4.78, 5) is 24.3. The SMILES string of the molecule is COc1ccc(OC)c(C(=O)COC(=O)c2cc(Cl)ccc2O)c1. The molecule has 0 spiro atoms. The lowest BCUT2D eigenvalue weighted by Crippen LogP contribution is -2.15. The molecule has 0 unspecified atom stereocenters. The molecule has 0 atom stereocenters. The van der Waals surface area contributed by atoms with Gasteiger partial charge in [0.15, 0.2) is 6.61 Å². The molecule has 6 nitrogen and oxygen atoms in total. The Balaban J connectivity index is 2.13. The predicted octanol–water partition coefficient (Wildman–Crippen LogP) is 3.10. The first-order valence-corrected chi connectivity index (χ1v) is 7.25. The second-order valence-electron chi connectivity index (χ2n) is 4.73. The van der Waals surface area contributed by atoms with Crippen LogP contribution in [-0.4, -0.2) is 37.7 Å². The Morgan fingerprint density at radius 1 is 1.04 bits per heavy atom. The van der Waals surface area contributed by atoms with Gasteiger partial charge in [-0.15, -0.1) is 0 Å². The molecule has 0 aliphatic rings. The number of rotatable bonds is 6. The van der Waals surface area contributed by atoms with Crippen molar-refractivity contribution in [3.05, 3.63) is 52.5 Å². The largest absolute Gasteiger partial charge is 0.507 e. The zero-order valence-corrected chi connectivity index (χ0v) is 13.8. The molecule has 1 N–H and O–H groups in total. The van der Waals surface area contributed by atoms with E-state index in [1.807, 2.05) is 0 Å². The molecule has 0 aliphatic heterocycles. The summed E-state index contributed by atoms with van der Waals surface area (Å²) in [7, 11) is 2.90. The van der Waals surface area contributed by atoms with Gasteiger partial charge in [-0.05, 0) is 36.4 Å². The van der Waals surface area contributed by atoms with Crippen LogP contribution in [-0.2, 0) is 4.74 Å². The molecule has 0 amide bonds. The van der Waals surface area contributed by atoms with E-state index in [9.17, 15) is 14.7 Å². The van der Waals surface area contributed by atoms with Crippen molar-refractivity contribution >= 4 is 23.4 Å². The van der Waals surface area contributed by atoms with E-state index in [1.54, 1.807) is 12.1 Å². The van der Waals surface area contributed by atoms with Crippen LogP contribution in [0.25, 0.3) is 0 Å². The molecule has 0 heterocycles. The molecular weight excluding hydrogens is 336 g/mol. The molecule has 126 valence electrons. The summed E-state index contributed by atoms with van der Waals surface area (Å²) in [5.41, 5.74) is 0.105. The van der Waals surface area contributed by atoms with Crippen molar-refractivity contribution in [2.45, 2.75) is 0 Å². The second-order valence-corrected chi connectivity index (χ2v) is 5.16. The first kappa shape index (κ1) is 17.6. The number of Topliss-reactive ketones (excluding diaryl/α,β-unsaturated/α-hetero) is 1. The third-order valence-electron chi connectivity index (χ3n) is 3.22. The summed E-state index contributed by atoms with van der Waals surface area (Å²) in [5.74, 6) is -0.804. The fourth-order valence-corrected chi connectivity index (χ4v) is 2.16. The van der Waals surface area contributed by atoms with Crippen LogP contribution in [0.4, 0.5) is 0 Å². The number of phenolic OH excluding ortho intramolecular Hbond substituents is 1. The topological polar surface area (TPSA) is 82.1 Å². The third kappa shape index (κ3) is 3.97. The van der Waals surface area contributed by atoms with Gasteiger partial charge < -0.3 is 19.3 Å². The van der Waals surface area contributed by atoms with Gasteiger partial charge in [0.25, 0.3) is 0 Å². The number of carbonyl (C=O) groups excluding carboxylic acids is 2. The zero-order valence-electron chi connectivity index (χ0n) is 13.0. The van der Waals surface area contributed by atoms with Crippen molar-refractivity contribution in [2.24, 2.45) is 0 Å². The van der Waals surface area contributed by atoms with Gasteiger partial charge >= 0.3 is 5.97 Å². The van der Waals surface area contributed by atoms with Crippen molar-refractivity contribution in [2.75, 3.05) is 20.8 Å². The molecule has 0 fully saturated rings. The molecule has 0 saturated carbocycles. The lowest BCUT2D eigenvalue weighted by atomic mass is 10.1. The van der Waals surface area contributed by atoms with Crippen molar-refractivity contribution in [1.29, 1.82) is 0 Å². The van der Waals surface area contributed by atoms with Crippen molar-refractivity contribution in [1.82, 2.24) is 0 Å². The molecule has 2 aromatic carbocycles. The summed E-state index contributed by atoms with van der Waals surface area (Å²) in [6, 6.07) is 8.68. The highest BCUT2D eigenvalue weighted by Gasteiger charge is 2.18. The number of ether oxygens (including phenoxy) is 3. The smallest absolute Gasteiger partial charge is 0.342 e. The normalized spacial score (nSPS) is 10.1. The minimum absolute atomic E-state index is 0.118. The summed E-state index contributed by atoms with van der Waals surface area (Å²) in [5, 5.41) is 9.92. The highest BCUT2D eigenvalue weighted by Crippen LogP contribution is 2.25. The highest BCUT2D eigenvalue weighted by molar-refractivity contribution is 6.31. The lowest BCUT2D eigenvalue weighted by Gasteiger charge is -2.10. The number of hydrogen-bond donors (Lipinski definition) is 1. The molecular formula is C17H15ClO6. The fourth-order valence-electron chi connectivity index (χ4n) is 1.99. The van der Waals surface area contributed by atoms with Crippen LogP contribution in [0.15, 0.2) is 36.4 Å². The molecule has 0 bridgehead atoms. The number of benzene rings is 2. The van der Waals surface area contributed by atoms with Crippen molar-refractivity contribution < 1.29 is 28.9 Å². The Morgan fingerprint density at radius 3 is 2.46 bits per heavy atom. The van der Waals surface area contributed by atoms with Gasteiger partial charge in [0.05, 0.1) is 19.8 Å². The van der Waals surface area contributed by atoms with Gasteiger partial charge in [-0.3, -0.25) is 4.79 Å². The van der Waals surface area contributed by atoms with Gasteiger partial charge in [0.1, 0.15) is 22.8 Å². The van der Waals surface area contributed by atoms with Gasteiger partial charge in [-0.1, -0.05) is 11.6 Å². The maximum Gasteiger partial charge on any atom is 0.342 e. The van der Waals surface area contributed by atoms with Gasteiger partial charge in [0.2, 0.25) is 5.78 Å². The Hall–Kier alpha value is -2.73. The number of halogens is 1. The summed E-state index contributed by atoms with van der Waals surface area (Å²) in [6.45, 7) is -0.520. The van der Waals surface area contributed by atoms with E-state index in [1.165, 1.54) is 38.5 Å². The minimum Gasteiger partial charge on any atom is -0.507 e. The fraction of sp³-hybridized carbons (Fsp3) is 0.176. The number of ketones is 1. The number of hydrogen-bond acceptors (Lipinski definition) is 6. The van der Waals surface area contributed by atoms with E-state index in [4.69, 9.17) is 25.8 Å². The number of phenols is 1. The summed E-state index contributed by atoms with van der Waals surface area (Å²) >= 11 is 5.78. The highest BCUT2D eigenvalue weighted by atomic mass is 35.5. The van der Waals surface area contributed by atoms with Crippen LogP contribution >= 0.6 is 11.6 Å². The molecule has 0 radical (unpaired) electrons. The second kappa shape index (κ2) is 7.70. The standard InChI is InChI=1S/C17H15ClO6/c1-22-11-4-6-16(23-2)12(8-11)15(20)9-24-17(21)13-7-10(18)3-5-14(13)19/h3-8,19H,9H2,1-2H3. The van der Waals surface area contributed by atoms with E-state index in [2.05, 4.69) is 0 Å². The van der Waals surface area contributed by atoms with Gasteiger partial charge in [-0.2, -0.15) is 0 Å². The predicted molar refractivity (Wildman–Crippen MR) is 87.3 cm³/mol. The van der Waals surface area contributed by atoms with Crippen molar-refractivity contribution in [3.63, 3.8) is 0 Å². The Morgan fingerprint density at radius 2 is 1.79 bits per heavy atom. The van der Waals surface area contributed by atoms with E-state index < -0.39 is 18.4 Å². The quantitative estimate of drug-likeness (QED) is 0.636. The zero-order chi connectivity index (χ0) is 17.7. The first-order chi connectivity index (χ1) is 11.5. The number of methoxy groups -OCH3 is 2. The Kier molecular flexibility index (Phi) is 5.65. The molecule has 0 saturated heterocycles. The van der Waals surface area contributed by atoms with Crippen LogP contribution in [0, 0.1) is 0 Å². The Bertz CT molecular complexity index is 772. The summed E-state index contributed by atoms with van der Waals surface area (Å²) < 4.78 is 15.1. The lowest BCUT2D eigenvalue weighted by molar-refractivity contribution is 0.0471. The molecule has 24 heavy (non-hydrogen) atoms. The van der Waals surface area contributed by atoms with Gasteiger partial charge in [0, 0.05) is 5.02 Å². The minimum atomic E-state index is -0.856. The number of esters is 1. The van der Waals surface area contributed by atoms with Crippen LogP contribution in [0.1, 0.15) is 20.7 Å². The number of carbonyl (C=O) groups is 2. The molecule has 2 aromatic rings. The van der Waals surface area contributed by atoms with Crippen LogP contribution in [0.5, 0.6) is 17.2 Å². The average Bonchev–Trinajstić information content (AvgIpc) is 2.60. The van der Waals surface area contributed by atoms with E-state index in [0.29, 0.717) is 11.5 Å². The van der Waals surface area contributed by atoms with Crippen LogP contribution < -0.4 is 9.47 Å².